The van der Waals surface area contributed by atoms with Crippen molar-refractivity contribution < 1.29 is 15.0 Å². The van der Waals surface area contributed by atoms with Gasteiger partial charge in [-0.25, -0.2) is 0 Å². The topological polar surface area (TPSA) is 57.5 Å². The summed E-state index contributed by atoms with van der Waals surface area (Å²) in [5, 5.41) is 19.4. The average molecular weight is 236 g/mol. The highest BCUT2D eigenvalue weighted by molar-refractivity contribution is 5.99. The highest BCUT2D eigenvalue weighted by Crippen LogP contribution is 2.12. The molecule has 2 N–H and O–H groups in total. The highest BCUT2D eigenvalue weighted by atomic mass is 16.3. The summed E-state index contributed by atoms with van der Waals surface area (Å²) in [6, 6.07) is 6.98. The van der Waals surface area contributed by atoms with Gasteiger partial charge in [0.05, 0.1) is 6.10 Å². The Labute approximate surface area is 102 Å². The van der Waals surface area contributed by atoms with Crippen molar-refractivity contribution in [1.29, 1.82) is 0 Å². The van der Waals surface area contributed by atoms with Crippen molar-refractivity contribution in [2.75, 3.05) is 0 Å². The molecule has 1 aromatic carbocycles. The van der Waals surface area contributed by atoms with E-state index in [-0.39, 0.29) is 0 Å². The number of rotatable bonds is 6. The number of aliphatic hydroxyl groups is 2. The first-order valence-electron chi connectivity index (χ1n) is 6.03. The fourth-order valence-electron chi connectivity index (χ4n) is 1.63. The number of aliphatic hydroxyl groups excluding tert-OH is 2. The SMILES string of the molecule is CCCC[C@H](O)[C@@H](O)C(=O)c1ccc(C)cc1. The van der Waals surface area contributed by atoms with Crippen LogP contribution in [0.5, 0.6) is 0 Å². The summed E-state index contributed by atoms with van der Waals surface area (Å²) < 4.78 is 0. The van der Waals surface area contributed by atoms with E-state index in [1.165, 1.54) is 0 Å². The van der Waals surface area contributed by atoms with Crippen LogP contribution in [0.3, 0.4) is 0 Å². The van der Waals surface area contributed by atoms with E-state index in [0.717, 1.165) is 18.4 Å². The Morgan fingerprint density at radius 1 is 1.24 bits per heavy atom. The van der Waals surface area contributed by atoms with E-state index in [0.29, 0.717) is 12.0 Å². The molecule has 1 rings (SSSR count). The van der Waals surface area contributed by atoms with Gasteiger partial charge in [-0.1, -0.05) is 49.6 Å². The van der Waals surface area contributed by atoms with E-state index in [9.17, 15) is 15.0 Å². The Morgan fingerprint density at radius 3 is 2.35 bits per heavy atom. The van der Waals surface area contributed by atoms with Crippen molar-refractivity contribution in [3.63, 3.8) is 0 Å². The molecule has 3 heteroatoms. The van der Waals surface area contributed by atoms with Crippen molar-refractivity contribution in [2.45, 2.75) is 45.3 Å². The molecule has 0 aliphatic heterocycles. The van der Waals surface area contributed by atoms with E-state index in [4.69, 9.17) is 0 Å². The Kier molecular flexibility index (Phi) is 5.32. The number of ketones is 1. The molecule has 0 amide bonds. The first kappa shape index (κ1) is 13.9. The first-order valence-corrected chi connectivity index (χ1v) is 6.03. The second kappa shape index (κ2) is 6.52. The Bertz CT molecular complexity index is 356. The molecule has 94 valence electrons. The molecule has 0 saturated heterocycles. The van der Waals surface area contributed by atoms with Gasteiger partial charge in [-0.15, -0.1) is 0 Å². The number of hydrogen-bond acceptors (Lipinski definition) is 3. The van der Waals surface area contributed by atoms with Crippen LogP contribution < -0.4 is 0 Å². The summed E-state index contributed by atoms with van der Waals surface area (Å²) in [6.45, 7) is 3.93. The normalized spacial score (nSPS) is 14.4. The molecular weight excluding hydrogens is 216 g/mol. The molecule has 0 fully saturated rings. The molecule has 1 aromatic rings. The molecule has 17 heavy (non-hydrogen) atoms. The van der Waals surface area contributed by atoms with E-state index in [1.807, 2.05) is 26.0 Å². The molecule has 0 aliphatic rings. The molecule has 0 bridgehead atoms. The number of hydrogen-bond donors (Lipinski definition) is 2. The Morgan fingerprint density at radius 2 is 1.82 bits per heavy atom. The van der Waals surface area contributed by atoms with Crippen LogP contribution in [0.4, 0.5) is 0 Å². The number of Topliss-reactive ketones (excluding diaryl/α,β-unsaturated/α-hetero) is 1. The van der Waals surface area contributed by atoms with Gasteiger partial charge in [-0.3, -0.25) is 4.79 Å². The lowest BCUT2D eigenvalue weighted by molar-refractivity contribution is 0.0169. The molecule has 0 unspecified atom stereocenters. The maximum Gasteiger partial charge on any atom is 0.193 e. The second-order valence-corrected chi connectivity index (χ2v) is 4.38. The van der Waals surface area contributed by atoms with Gasteiger partial charge < -0.3 is 10.2 Å². The third kappa shape index (κ3) is 3.95. The molecule has 3 nitrogen and oxygen atoms in total. The average Bonchev–Trinajstić information content (AvgIpc) is 2.35. The van der Waals surface area contributed by atoms with Gasteiger partial charge in [0.1, 0.15) is 6.10 Å². The Balaban J connectivity index is 2.65. The molecule has 0 heterocycles. The maximum atomic E-state index is 11.9. The van der Waals surface area contributed by atoms with Gasteiger partial charge in [-0.05, 0) is 13.3 Å². The summed E-state index contributed by atoms with van der Waals surface area (Å²) in [5.74, 6) is -0.409. The predicted octanol–water partition coefficient (Wildman–Crippen LogP) is 2.09. The van der Waals surface area contributed by atoms with Crippen LogP contribution in [-0.2, 0) is 0 Å². The molecule has 2 atom stereocenters. The minimum atomic E-state index is -1.32. The zero-order valence-corrected chi connectivity index (χ0v) is 10.4. The maximum absolute atomic E-state index is 11.9. The van der Waals surface area contributed by atoms with Crippen LogP contribution in [0.2, 0.25) is 0 Å². The summed E-state index contributed by atoms with van der Waals surface area (Å²) in [6.07, 6.45) is -0.0926. The summed E-state index contributed by atoms with van der Waals surface area (Å²) in [5.41, 5.74) is 1.50. The molecule has 0 radical (unpaired) electrons. The number of unbranched alkanes of at least 4 members (excludes halogenated alkanes) is 1. The third-order valence-electron chi connectivity index (χ3n) is 2.82. The molecule has 0 saturated carbocycles. The van der Waals surface area contributed by atoms with Gasteiger partial charge in [0.25, 0.3) is 0 Å². The van der Waals surface area contributed by atoms with Crippen LogP contribution in [0, 0.1) is 6.92 Å². The molecule has 0 aromatic heterocycles. The van der Waals surface area contributed by atoms with E-state index < -0.39 is 18.0 Å². The van der Waals surface area contributed by atoms with Crippen molar-refractivity contribution >= 4 is 5.78 Å². The largest absolute Gasteiger partial charge is 0.390 e. The van der Waals surface area contributed by atoms with Crippen molar-refractivity contribution in [2.24, 2.45) is 0 Å². The van der Waals surface area contributed by atoms with Crippen LogP contribution >= 0.6 is 0 Å². The smallest absolute Gasteiger partial charge is 0.193 e. The van der Waals surface area contributed by atoms with Crippen molar-refractivity contribution in [3.8, 4) is 0 Å². The van der Waals surface area contributed by atoms with E-state index in [1.54, 1.807) is 12.1 Å². The Hall–Kier alpha value is -1.19. The molecule has 0 spiro atoms. The van der Waals surface area contributed by atoms with Crippen molar-refractivity contribution in [1.82, 2.24) is 0 Å². The first-order chi connectivity index (χ1) is 8.06. The van der Waals surface area contributed by atoms with Gasteiger partial charge in [0.15, 0.2) is 5.78 Å². The summed E-state index contributed by atoms with van der Waals surface area (Å²) >= 11 is 0. The van der Waals surface area contributed by atoms with Gasteiger partial charge in [-0.2, -0.15) is 0 Å². The monoisotopic (exact) mass is 236 g/mol. The lowest BCUT2D eigenvalue weighted by atomic mass is 9.98. The minimum Gasteiger partial charge on any atom is -0.390 e. The van der Waals surface area contributed by atoms with E-state index >= 15 is 0 Å². The quantitative estimate of drug-likeness (QED) is 0.744. The zero-order chi connectivity index (χ0) is 12.8. The fourth-order valence-corrected chi connectivity index (χ4v) is 1.63. The number of carbonyl (C=O) groups excluding carboxylic acids is 1. The number of benzene rings is 1. The zero-order valence-electron chi connectivity index (χ0n) is 10.4. The fraction of sp³-hybridized carbons (Fsp3) is 0.500. The molecule has 0 aliphatic carbocycles. The van der Waals surface area contributed by atoms with Crippen molar-refractivity contribution in [3.05, 3.63) is 35.4 Å². The highest BCUT2D eigenvalue weighted by Gasteiger charge is 2.24. The summed E-state index contributed by atoms with van der Waals surface area (Å²) in [7, 11) is 0. The van der Waals surface area contributed by atoms with E-state index in [2.05, 4.69) is 0 Å². The minimum absolute atomic E-state index is 0.409. The van der Waals surface area contributed by atoms with Gasteiger partial charge in [0, 0.05) is 5.56 Å². The van der Waals surface area contributed by atoms with Gasteiger partial charge >= 0.3 is 0 Å². The van der Waals surface area contributed by atoms with Crippen LogP contribution in [-0.4, -0.2) is 28.2 Å². The van der Waals surface area contributed by atoms with Crippen LogP contribution in [0.25, 0.3) is 0 Å². The second-order valence-electron chi connectivity index (χ2n) is 4.38. The lowest BCUT2D eigenvalue weighted by Crippen LogP contribution is -2.33. The standard InChI is InChI=1S/C14H20O3/c1-3-4-5-12(15)14(17)13(16)11-8-6-10(2)7-9-11/h6-9,12,14-15,17H,3-5H2,1-2H3/t12-,14+/m0/s1. The lowest BCUT2D eigenvalue weighted by Gasteiger charge is -2.16. The van der Waals surface area contributed by atoms with Gasteiger partial charge in [0.2, 0.25) is 0 Å². The summed E-state index contributed by atoms with van der Waals surface area (Å²) in [4.78, 5) is 11.9. The predicted molar refractivity (Wildman–Crippen MR) is 67.0 cm³/mol. The number of aryl methyl sites for hydroxylation is 1. The molecular formula is C14H20O3. The number of carbonyl (C=O) groups is 1. The third-order valence-corrected chi connectivity index (χ3v) is 2.82. The van der Waals surface area contributed by atoms with Crippen LogP contribution in [0.1, 0.15) is 42.1 Å². The van der Waals surface area contributed by atoms with Crippen LogP contribution in [0.15, 0.2) is 24.3 Å².